The number of halogens is 1. The molecule has 2 aromatic heterocycles. The van der Waals surface area contributed by atoms with Crippen molar-refractivity contribution in [3.05, 3.63) is 70.4 Å². The molecule has 0 radical (unpaired) electrons. The summed E-state index contributed by atoms with van der Waals surface area (Å²) in [7, 11) is 0. The van der Waals surface area contributed by atoms with Crippen LogP contribution in [0, 0.1) is 5.82 Å². The zero-order chi connectivity index (χ0) is 16.1. The Morgan fingerprint density at radius 3 is 2.78 bits per heavy atom. The Morgan fingerprint density at radius 2 is 2.04 bits per heavy atom. The zero-order valence-electron chi connectivity index (χ0n) is 12.6. The van der Waals surface area contributed by atoms with Crippen molar-refractivity contribution in [2.45, 2.75) is 6.92 Å². The third-order valence-corrected chi connectivity index (χ3v) is 3.98. The molecule has 0 fully saturated rings. The quantitative estimate of drug-likeness (QED) is 0.676. The minimum atomic E-state index is -0.282. The fourth-order valence-corrected chi connectivity index (χ4v) is 2.97. The molecule has 0 spiro atoms. The van der Waals surface area contributed by atoms with Crippen molar-refractivity contribution in [2.75, 3.05) is 6.54 Å². The van der Waals surface area contributed by atoms with Crippen molar-refractivity contribution >= 4 is 17.6 Å². The van der Waals surface area contributed by atoms with E-state index in [0.29, 0.717) is 17.8 Å². The lowest BCUT2D eigenvalue weighted by Gasteiger charge is -2.04. The van der Waals surface area contributed by atoms with E-state index in [0.717, 1.165) is 10.5 Å². The molecule has 0 atom stereocenters. The summed E-state index contributed by atoms with van der Waals surface area (Å²) in [6.45, 7) is 2.59. The Morgan fingerprint density at radius 1 is 1.22 bits per heavy atom. The van der Waals surface area contributed by atoms with Gasteiger partial charge in [-0.15, -0.1) is 11.3 Å². The highest BCUT2D eigenvalue weighted by Crippen LogP contribution is 2.23. The molecule has 23 heavy (non-hydrogen) atoms. The Hall–Kier alpha value is -2.60. The van der Waals surface area contributed by atoms with Crippen LogP contribution in [0.3, 0.4) is 0 Å². The molecule has 4 nitrogen and oxygen atoms in total. The number of hydrogen-bond donors (Lipinski definition) is 0. The van der Waals surface area contributed by atoms with Gasteiger partial charge in [-0.25, -0.2) is 9.07 Å². The van der Waals surface area contributed by atoms with E-state index >= 15 is 0 Å². The maximum absolute atomic E-state index is 14.1. The van der Waals surface area contributed by atoms with Crippen molar-refractivity contribution in [3.8, 4) is 11.3 Å². The first kappa shape index (κ1) is 15.3. The fraction of sp³-hybridized carbons (Fsp3) is 0.118. The van der Waals surface area contributed by atoms with Crippen molar-refractivity contribution in [1.29, 1.82) is 0 Å². The second-order valence-corrected chi connectivity index (χ2v) is 5.51. The molecule has 0 saturated heterocycles. The van der Waals surface area contributed by atoms with Crippen LogP contribution in [-0.2, 0) is 0 Å². The van der Waals surface area contributed by atoms with Gasteiger partial charge in [0.2, 0.25) is 4.80 Å². The van der Waals surface area contributed by atoms with E-state index in [4.69, 9.17) is 0 Å². The van der Waals surface area contributed by atoms with E-state index in [9.17, 15) is 4.39 Å². The summed E-state index contributed by atoms with van der Waals surface area (Å²) in [6.07, 6.45) is 3.35. The van der Waals surface area contributed by atoms with E-state index < -0.39 is 0 Å². The topological polar surface area (TPSA) is 42.5 Å². The van der Waals surface area contributed by atoms with E-state index in [2.05, 4.69) is 15.1 Å². The van der Waals surface area contributed by atoms with Crippen LogP contribution in [0.2, 0.25) is 0 Å². The van der Waals surface area contributed by atoms with Crippen LogP contribution in [0.25, 0.3) is 11.3 Å². The maximum Gasteiger partial charge on any atom is 0.206 e. The lowest BCUT2D eigenvalue weighted by Crippen LogP contribution is -2.12. The van der Waals surface area contributed by atoms with Gasteiger partial charge in [-0.1, -0.05) is 18.2 Å². The largest absolute Gasteiger partial charge is 0.258 e. The number of benzene rings is 1. The third-order valence-electron chi connectivity index (χ3n) is 3.12. The number of hydrogen-bond acceptors (Lipinski definition) is 4. The first-order valence-corrected chi connectivity index (χ1v) is 8.09. The fourth-order valence-electron chi connectivity index (χ4n) is 2.08. The van der Waals surface area contributed by atoms with Gasteiger partial charge in [0, 0.05) is 23.7 Å². The Labute approximate surface area is 137 Å². The van der Waals surface area contributed by atoms with Gasteiger partial charge in [-0.2, -0.15) is 5.10 Å². The standard InChI is InChI=1S/C17H15FN4S/c1-2-19-17-22(21-11-13-7-5-6-10-20-13)16(12-23-17)14-8-3-4-9-15(14)18/h3-12H,2H2,1H3/b19-17?,21-11-. The summed E-state index contributed by atoms with van der Waals surface area (Å²) in [4.78, 5) is 9.35. The average Bonchev–Trinajstić information content (AvgIpc) is 2.97. The van der Waals surface area contributed by atoms with E-state index in [1.807, 2.05) is 30.5 Å². The third kappa shape index (κ3) is 3.43. The van der Waals surface area contributed by atoms with Gasteiger partial charge in [0.05, 0.1) is 17.6 Å². The summed E-state index contributed by atoms with van der Waals surface area (Å²) in [5.41, 5.74) is 1.90. The SMILES string of the molecule is CCN=c1scc(-c2ccccc2F)n1/N=C\c1ccccn1. The molecule has 0 N–H and O–H groups in total. The van der Waals surface area contributed by atoms with Gasteiger partial charge >= 0.3 is 0 Å². The minimum Gasteiger partial charge on any atom is -0.258 e. The molecule has 6 heteroatoms. The van der Waals surface area contributed by atoms with Gasteiger partial charge in [0.25, 0.3) is 0 Å². The van der Waals surface area contributed by atoms with Crippen LogP contribution in [0.15, 0.2) is 64.1 Å². The molecule has 0 unspecified atom stereocenters. The molecule has 3 aromatic rings. The van der Waals surface area contributed by atoms with Gasteiger partial charge in [0.1, 0.15) is 5.82 Å². The van der Waals surface area contributed by atoms with Crippen LogP contribution in [0.4, 0.5) is 4.39 Å². The monoisotopic (exact) mass is 326 g/mol. The normalized spacial score (nSPS) is 12.2. The van der Waals surface area contributed by atoms with Gasteiger partial charge in [-0.3, -0.25) is 9.98 Å². The lowest BCUT2D eigenvalue weighted by molar-refractivity contribution is 0.629. The first-order chi connectivity index (χ1) is 11.3. The molecule has 2 heterocycles. The Balaban J connectivity index is 2.11. The summed E-state index contributed by atoms with van der Waals surface area (Å²) in [5, 5.41) is 6.32. The van der Waals surface area contributed by atoms with Crippen LogP contribution < -0.4 is 4.80 Å². The molecule has 0 aliphatic heterocycles. The number of aromatic nitrogens is 2. The van der Waals surface area contributed by atoms with Crippen LogP contribution >= 0.6 is 11.3 Å². The van der Waals surface area contributed by atoms with E-state index in [1.54, 1.807) is 35.3 Å². The maximum atomic E-state index is 14.1. The molecular formula is C17H15FN4S. The molecule has 116 valence electrons. The van der Waals surface area contributed by atoms with Gasteiger partial charge in [-0.05, 0) is 31.2 Å². The summed E-state index contributed by atoms with van der Waals surface area (Å²) >= 11 is 1.43. The van der Waals surface area contributed by atoms with Gasteiger partial charge in [0.15, 0.2) is 0 Å². The highest BCUT2D eigenvalue weighted by molar-refractivity contribution is 7.07. The highest BCUT2D eigenvalue weighted by Gasteiger charge is 2.11. The number of pyridine rings is 1. The smallest absolute Gasteiger partial charge is 0.206 e. The number of rotatable bonds is 4. The highest BCUT2D eigenvalue weighted by atomic mass is 32.1. The summed E-state index contributed by atoms with van der Waals surface area (Å²) in [5.74, 6) is -0.282. The molecule has 0 aliphatic carbocycles. The van der Waals surface area contributed by atoms with E-state index in [-0.39, 0.29) is 5.82 Å². The predicted molar refractivity (Wildman–Crippen MR) is 91.0 cm³/mol. The molecule has 0 amide bonds. The molecular weight excluding hydrogens is 311 g/mol. The number of nitrogens with zero attached hydrogens (tertiary/aromatic N) is 4. The Kier molecular flexibility index (Phi) is 4.73. The van der Waals surface area contributed by atoms with Crippen molar-refractivity contribution in [2.24, 2.45) is 10.1 Å². The molecule has 1 aromatic carbocycles. The minimum absolute atomic E-state index is 0.282. The first-order valence-electron chi connectivity index (χ1n) is 7.21. The molecule has 0 bridgehead atoms. The van der Waals surface area contributed by atoms with Crippen molar-refractivity contribution in [1.82, 2.24) is 9.66 Å². The summed E-state index contributed by atoms with van der Waals surface area (Å²) in [6, 6.07) is 12.2. The van der Waals surface area contributed by atoms with Crippen LogP contribution in [-0.4, -0.2) is 22.4 Å². The molecule has 0 saturated carbocycles. The zero-order valence-corrected chi connectivity index (χ0v) is 13.4. The number of thiazole rings is 1. The van der Waals surface area contributed by atoms with Crippen LogP contribution in [0.5, 0.6) is 0 Å². The van der Waals surface area contributed by atoms with Gasteiger partial charge < -0.3 is 0 Å². The lowest BCUT2D eigenvalue weighted by atomic mass is 10.1. The summed E-state index contributed by atoms with van der Waals surface area (Å²) < 4.78 is 15.8. The molecule has 0 aliphatic rings. The van der Waals surface area contributed by atoms with Crippen LogP contribution in [0.1, 0.15) is 12.6 Å². The van der Waals surface area contributed by atoms with E-state index in [1.165, 1.54) is 17.4 Å². The predicted octanol–water partition coefficient (Wildman–Crippen LogP) is 3.55. The van der Waals surface area contributed by atoms with Crippen molar-refractivity contribution < 1.29 is 4.39 Å². The second-order valence-electron chi connectivity index (χ2n) is 4.67. The molecule has 3 rings (SSSR count). The average molecular weight is 326 g/mol. The Bertz CT molecular complexity index is 881. The van der Waals surface area contributed by atoms with Crippen molar-refractivity contribution in [3.63, 3.8) is 0 Å². The second kappa shape index (κ2) is 7.11.